The van der Waals surface area contributed by atoms with Gasteiger partial charge in [-0.25, -0.2) is 0 Å². The second kappa shape index (κ2) is 7.00. The first-order valence-corrected chi connectivity index (χ1v) is 7.43. The van der Waals surface area contributed by atoms with Gasteiger partial charge in [-0.15, -0.1) is 11.3 Å². The van der Waals surface area contributed by atoms with E-state index in [0.29, 0.717) is 0 Å². The van der Waals surface area contributed by atoms with Crippen LogP contribution in [-0.2, 0) is 4.79 Å². The molecule has 0 saturated carbocycles. The minimum atomic E-state index is -0.774. The molecule has 106 valence electrons. The highest BCUT2D eigenvalue weighted by atomic mass is 32.1. The first kappa shape index (κ1) is 14.5. The number of carbonyl (C=O) groups is 1. The molecule has 6 heteroatoms. The van der Waals surface area contributed by atoms with Crippen molar-refractivity contribution in [2.24, 2.45) is 0 Å². The number of likely N-dealkylation sites (N-methyl/N-ethyl adjacent to an activating group) is 1. The van der Waals surface area contributed by atoms with E-state index in [1.807, 2.05) is 18.0 Å². The third-order valence-electron chi connectivity index (χ3n) is 3.43. The molecule has 1 aromatic heterocycles. The van der Waals surface area contributed by atoms with Crippen LogP contribution in [0.2, 0.25) is 0 Å². The van der Waals surface area contributed by atoms with Crippen LogP contribution in [0.25, 0.3) is 0 Å². The minimum absolute atomic E-state index is 0.0780. The van der Waals surface area contributed by atoms with Crippen molar-refractivity contribution in [1.29, 1.82) is 0 Å². The summed E-state index contributed by atoms with van der Waals surface area (Å²) in [6, 6.07) is 4.28. The summed E-state index contributed by atoms with van der Waals surface area (Å²) in [6.45, 7) is 5.06. The number of carboxylic acids is 1. The van der Waals surface area contributed by atoms with Crippen molar-refractivity contribution in [1.82, 2.24) is 15.1 Å². The molecular weight excluding hydrogens is 262 g/mol. The molecule has 0 bridgehead atoms. The highest BCUT2D eigenvalue weighted by Gasteiger charge is 2.23. The zero-order valence-corrected chi connectivity index (χ0v) is 12.0. The second-order valence-corrected chi connectivity index (χ2v) is 5.87. The van der Waals surface area contributed by atoms with Crippen LogP contribution in [0.4, 0.5) is 0 Å². The predicted octanol–water partition coefficient (Wildman–Crippen LogP) is 0.711. The van der Waals surface area contributed by atoms with Crippen LogP contribution < -0.4 is 5.32 Å². The number of thiophene rings is 1. The summed E-state index contributed by atoms with van der Waals surface area (Å²) < 4.78 is 0. The monoisotopic (exact) mass is 283 g/mol. The fourth-order valence-electron chi connectivity index (χ4n) is 2.39. The summed E-state index contributed by atoms with van der Waals surface area (Å²) >= 11 is 1.70. The first-order valence-electron chi connectivity index (χ1n) is 6.55. The molecule has 5 nitrogen and oxygen atoms in total. The normalized spacial score (nSPS) is 18.6. The van der Waals surface area contributed by atoms with E-state index in [-0.39, 0.29) is 12.6 Å². The zero-order chi connectivity index (χ0) is 13.7. The molecule has 2 N–H and O–H groups in total. The van der Waals surface area contributed by atoms with Gasteiger partial charge in [-0.2, -0.15) is 0 Å². The van der Waals surface area contributed by atoms with Crippen LogP contribution in [0, 0.1) is 0 Å². The van der Waals surface area contributed by atoms with Crippen molar-refractivity contribution < 1.29 is 9.90 Å². The summed E-state index contributed by atoms with van der Waals surface area (Å²) in [5.74, 6) is -0.774. The Morgan fingerprint density at radius 2 is 2.32 bits per heavy atom. The summed E-state index contributed by atoms with van der Waals surface area (Å²) in [4.78, 5) is 16.5. The molecular formula is C13H21N3O2S. The number of hydrogen-bond donors (Lipinski definition) is 2. The van der Waals surface area contributed by atoms with Crippen LogP contribution in [0.3, 0.4) is 0 Å². The number of piperazine rings is 1. The average molecular weight is 283 g/mol. The molecule has 0 amide bonds. The Labute approximate surface area is 117 Å². The maximum atomic E-state index is 10.9. The topological polar surface area (TPSA) is 55.8 Å². The molecule has 1 fully saturated rings. The Morgan fingerprint density at radius 3 is 2.89 bits per heavy atom. The molecule has 1 atom stereocenters. The van der Waals surface area contributed by atoms with Crippen molar-refractivity contribution in [2.45, 2.75) is 6.04 Å². The van der Waals surface area contributed by atoms with Gasteiger partial charge >= 0.3 is 5.97 Å². The largest absolute Gasteiger partial charge is 0.480 e. The molecule has 1 aliphatic rings. The van der Waals surface area contributed by atoms with E-state index in [1.54, 1.807) is 11.3 Å². The molecule has 1 aliphatic heterocycles. The van der Waals surface area contributed by atoms with E-state index in [0.717, 1.165) is 32.7 Å². The number of nitrogens with zero attached hydrogens (tertiary/aromatic N) is 2. The van der Waals surface area contributed by atoms with Gasteiger partial charge in [-0.3, -0.25) is 14.6 Å². The highest BCUT2D eigenvalue weighted by molar-refractivity contribution is 7.10. The Bertz CT molecular complexity index is 391. The molecule has 19 heavy (non-hydrogen) atoms. The van der Waals surface area contributed by atoms with Gasteiger partial charge in [0.25, 0.3) is 0 Å². The van der Waals surface area contributed by atoms with Crippen LogP contribution >= 0.6 is 11.3 Å². The van der Waals surface area contributed by atoms with Gasteiger partial charge < -0.3 is 10.4 Å². The molecule has 0 spiro atoms. The number of nitrogens with one attached hydrogen (secondary N) is 1. The number of hydrogen-bond acceptors (Lipinski definition) is 5. The van der Waals surface area contributed by atoms with E-state index < -0.39 is 5.97 Å². The van der Waals surface area contributed by atoms with Crippen LogP contribution in [0.15, 0.2) is 17.5 Å². The van der Waals surface area contributed by atoms with Gasteiger partial charge in [0.1, 0.15) is 0 Å². The SMILES string of the molecule is CN(CC(=O)O)C(CN1CCNCC1)c1cccs1. The van der Waals surface area contributed by atoms with Crippen LogP contribution in [0.1, 0.15) is 10.9 Å². The lowest BCUT2D eigenvalue weighted by Gasteiger charge is -2.34. The molecule has 0 aliphatic carbocycles. The van der Waals surface area contributed by atoms with Crippen molar-refractivity contribution in [3.05, 3.63) is 22.4 Å². The average Bonchev–Trinajstić information content (AvgIpc) is 2.90. The molecule has 1 unspecified atom stereocenters. The van der Waals surface area contributed by atoms with Crippen molar-refractivity contribution >= 4 is 17.3 Å². The molecule has 2 rings (SSSR count). The first-order chi connectivity index (χ1) is 9.16. The molecule has 2 heterocycles. The summed E-state index contributed by atoms with van der Waals surface area (Å²) in [6.07, 6.45) is 0. The number of rotatable bonds is 6. The Kier molecular flexibility index (Phi) is 5.33. The molecule has 1 aromatic rings. The van der Waals surface area contributed by atoms with Gasteiger partial charge in [0, 0.05) is 37.6 Å². The Morgan fingerprint density at radius 1 is 1.58 bits per heavy atom. The van der Waals surface area contributed by atoms with Crippen molar-refractivity contribution in [3.8, 4) is 0 Å². The van der Waals surface area contributed by atoms with E-state index in [1.165, 1.54) is 4.88 Å². The smallest absolute Gasteiger partial charge is 0.317 e. The van der Waals surface area contributed by atoms with E-state index >= 15 is 0 Å². The maximum absolute atomic E-state index is 10.9. The lowest BCUT2D eigenvalue weighted by molar-refractivity contribution is -0.138. The van der Waals surface area contributed by atoms with Gasteiger partial charge in [-0.05, 0) is 18.5 Å². The van der Waals surface area contributed by atoms with Gasteiger partial charge in [-0.1, -0.05) is 6.07 Å². The highest BCUT2D eigenvalue weighted by Crippen LogP contribution is 2.25. The maximum Gasteiger partial charge on any atom is 0.317 e. The lowest BCUT2D eigenvalue weighted by Crippen LogP contribution is -2.47. The third-order valence-corrected chi connectivity index (χ3v) is 4.40. The fourth-order valence-corrected chi connectivity index (χ4v) is 3.27. The van der Waals surface area contributed by atoms with E-state index in [4.69, 9.17) is 5.11 Å². The predicted molar refractivity (Wildman–Crippen MR) is 76.6 cm³/mol. The Hall–Kier alpha value is -0.950. The number of aliphatic carboxylic acids is 1. The lowest BCUT2D eigenvalue weighted by atomic mass is 10.2. The van der Waals surface area contributed by atoms with Crippen molar-refractivity contribution in [3.63, 3.8) is 0 Å². The molecule has 0 aromatic carbocycles. The van der Waals surface area contributed by atoms with Crippen LogP contribution in [-0.4, -0.2) is 67.2 Å². The summed E-state index contributed by atoms with van der Waals surface area (Å²) in [5, 5.41) is 14.4. The molecule has 0 radical (unpaired) electrons. The Balaban J connectivity index is 2.03. The van der Waals surface area contributed by atoms with E-state index in [2.05, 4.69) is 21.7 Å². The third kappa shape index (κ3) is 4.28. The second-order valence-electron chi connectivity index (χ2n) is 4.89. The minimum Gasteiger partial charge on any atom is -0.480 e. The van der Waals surface area contributed by atoms with Crippen LogP contribution in [0.5, 0.6) is 0 Å². The van der Waals surface area contributed by atoms with E-state index in [9.17, 15) is 4.79 Å². The quantitative estimate of drug-likeness (QED) is 0.805. The van der Waals surface area contributed by atoms with Gasteiger partial charge in [0.15, 0.2) is 0 Å². The fraction of sp³-hybridized carbons (Fsp3) is 0.615. The zero-order valence-electron chi connectivity index (χ0n) is 11.2. The van der Waals surface area contributed by atoms with Gasteiger partial charge in [0.2, 0.25) is 0 Å². The number of carboxylic acid groups (broad SMARTS) is 1. The van der Waals surface area contributed by atoms with Crippen molar-refractivity contribution in [2.75, 3.05) is 46.3 Å². The summed E-state index contributed by atoms with van der Waals surface area (Å²) in [7, 11) is 1.89. The summed E-state index contributed by atoms with van der Waals surface area (Å²) in [5.41, 5.74) is 0. The van der Waals surface area contributed by atoms with Gasteiger partial charge in [0.05, 0.1) is 12.6 Å². The standard InChI is InChI=1S/C13H21N3O2S/c1-15(10-13(17)18)11(12-3-2-8-19-12)9-16-6-4-14-5-7-16/h2-3,8,11,14H,4-7,9-10H2,1H3,(H,17,18). The molecule has 1 saturated heterocycles.